The topological polar surface area (TPSA) is 79.7 Å². The molecule has 2 rings (SSSR count). The van der Waals surface area contributed by atoms with E-state index in [0.29, 0.717) is 0 Å². The standard InChI is InChI=1S/C19H18F5NO4/c1-2-18(17(27)28,15(26)12-6-7-25-14(20)9-12)10-11-4-3-5-13(8-11)29-19(23,24)16(21)22/h3-9,15-16,26H,2,10H2,1H3,(H,27,28). The fourth-order valence-corrected chi connectivity index (χ4v) is 2.95. The fourth-order valence-electron chi connectivity index (χ4n) is 2.95. The summed E-state index contributed by atoms with van der Waals surface area (Å²) < 4.78 is 68.4. The van der Waals surface area contributed by atoms with E-state index < -0.39 is 41.7 Å². The molecule has 0 spiro atoms. The Hall–Kier alpha value is -2.75. The van der Waals surface area contributed by atoms with Crippen molar-refractivity contribution in [1.82, 2.24) is 4.98 Å². The van der Waals surface area contributed by atoms with E-state index >= 15 is 0 Å². The molecule has 2 N–H and O–H groups in total. The Morgan fingerprint density at radius 2 is 1.93 bits per heavy atom. The summed E-state index contributed by atoms with van der Waals surface area (Å²) in [4.78, 5) is 15.4. The summed E-state index contributed by atoms with van der Waals surface area (Å²) in [7, 11) is 0. The van der Waals surface area contributed by atoms with Gasteiger partial charge in [0.25, 0.3) is 0 Å². The van der Waals surface area contributed by atoms with E-state index in [1.165, 1.54) is 25.1 Å². The van der Waals surface area contributed by atoms with Gasteiger partial charge in [-0.3, -0.25) is 4.79 Å². The SMILES string of the molecule is CCC(Cc1cccc(OC(F)(F)C(F)F)c1)(C(=O)O)C(O)c1ccnc(F)c1. The van der Waals surface area contributed by atoms with Crippen molar-refractivity contribution in [2.24, 2.45) is 5.41 Å². The van der Waals surface area contributed by atoms with Crippen LogP contribution in [-0.4, -0.2) is 33.7 Å². The van der Waals surface area contributed by atoms with Crippen molar-refractivity contribution < 1.29 is 41.7 Å². The van der Waals surface area contributed by atoms with Gasteiger partial charge in [0.15, 0.2) is 0 Å². The van der Waals surface area contributed by atoms with Crippen LogP contribution in [-0.2, 0) is 11.2 Å². The zero-order valence-corrected chi connectivity index (χ0v) is 15.2. The maximum absolute atomic E-state index is 13.4. The number of halogens is 5. The maximum Gasteiger partial charge on any atom is 0.461 e. The van der Waals surface area contributed by atoms with Crippen molar-refractivity contribution in [3.63, 3.8) is 0 Å². The first-order valence-electron chi connectivity index (χ1n) is 8.48. The lowest BCUT2D eigenvalue weighted by molar-refractivity contribution is -0.253. The molecule has 158 valence electrons. The monoisotopic (exact) mass is 419 g/mol. The van der Waals surface area contributed by atoms with Crippen molar-refractivity contribution >= 4 is 5.97 Å². The van der Waals surface area contributed by atoms with Crippen LogP contribution in [0.3, 0.4) is 0 Å². The lowest BCUT2D eigenvalue weighted by atomic mass is 9.72. The molecule has 0 fully saturated rings. The number of carboxylic acid groups (broad SMARTS) is 1. The first kappa shape index (κ1) is 22.5. The van der Waals surface area contributed by atoms with Crippen molar-refractivity contribution in [2.75, 3.05) is 0 Å². The van der Waals surface area contributed by atoms with E-state index in [4.69, 9.17) is 0 Å². The summed E-state index contributed by atoms with van der Waals surface area (Å²) in [5.41, 5.74) is -1.73. The van der Waals surface area contributed by atoms with Crippen molar-refractivity contribution in [1.29, 1.82) is 0 Å². The third-order valence-electron chi connectivity index (χ3n) is 4.57. The number of hydrogen-bond donors (Lipinski definition) is 2. The van der Waals surface area contributed by atoms with Gasteiger partial charge < -0.3 is 14.9 Å². The smallest absolute Gasteiger partial charge is 0.461 e. The van der Waals surface area contributed by atoms with Crippen LogP contribution in [0.4, 0.5) is 22.0 Å². The van der Waals surface area contributed by atoms with E-state index in [1.807, 2.05) is 0 Å². The summed E-state index contributed by atoms with van der Waals surface area (Å²) in [6, 6.07) is 6.75. The number of aliphatic carboxylic acids is 1. The second-order valence-corrected chi connectivity index (χ2v) is 6.42. The molecule has 1 aromatic carbocycles. The van der Waals surface area contributed by atoms with Gasteiger partial charge in [-0.05, 0) is 48.2 Å². The second-order valence-electron chi connectivity index (χ2n) is 6.42. The minimum absolute atomic E-state index is 0.0293. The van der Waals surface area contributed by atoms with E-state index in [2.05, 4.69) is 9.72 Å². The Morgan fingerprint density at radius 3 is 2.48 bits per heavy atom. The molecule has 0 aliphatic heterocycles. The highest BCUT2D eigenvalue weighted by Gasteiger charge is 2.46. The minimum Gasteiger partial charge on any atom is -0.481 e. The lowest BCUT2D eigenvalue weighted by Gasteiger charge is -2.33. The molecule has 1 aromatic heterocycles. The van der Waals surface area contributed by atoms with Gasteiger partial charge in [-0.1, -0.05) is 19.1 Å². The molecule has 10 heteroatoms. The maximum atomic E-state index is 13.4. The van der Waals surface area contributed by atoms with Crippen LogP contribution in [0.15, 0.2) is 42.6 Å². The minimum atomic E-state index is -4.72. The number of benzene rings is 1. The Kier molecular flexibility index (Phi) is 6.78. The van der Waals surface area contributed by atoms with Crippen LogP contribution in [0, 0.1) is 11.4 Å². The molecule has 2 unspecified atom stereocenters. The normalized spacial score (nSPS) is 15.0. The van der Waals surface area contributed by atoms with Crippen LogP contribution >= 0.6 is 0 Å². The highest BCUT2D eigenvalue weighted by molar-refractivity contribution is 5.76. The predicted octanol–water partition coefficient (Wildman–Crippen LogP) is 4.21. The Labute approximate surface area is 162 Å². The number of aliphatic hydroxyl groups is 1. The van der Waals surface area contributed by atoms with Gasteiger partial charge in [0.2, 0.25) is 5.95 Å². The number of hydrogen-bond acceptors (Lipinski definition) is 4. The average Bonchev–Trinajstić information content (AvgIpc) is 2.65. The van der Waals surface area contributed by atoms with Gasteiger partial charge >= 0.3 is 18.5 Å². The molecule has 0 saturated carbocycles. The number of pyridine rings is 1. The number of ether oxygens (including phenoxy) is 1. The summed E-state index contributed by atoms with van der Waals surface area (Å²) >= 11 is 0. The molecule has 2 aromatic rings. The predicted molar refractivity (Wildman–Crippen MR) is 91.2 cm³/mol. The number of aliphatic hydroxyl groups excluding tert-OH is 1. The fraction of sp³-hybridized carbons (Fsp3) is 0.368. The van der Waals surface area contributed by atoms with Crippen molar-refractivity contribution in [3.8, 4) is 5.75 Å². The number of carboxylic acids is 1. The van der Waals surface area contributed by atoms with Crippen molar-refractivity contribution in [3.05, 3.63) is 59.7 Å². The molecule has 29 heavy (non-hydrogen) atoms. The van der Waals surface area contributed by atoms with Crippen LogP contribution in [0.25, 0.3) is 0 Å². The van der Waals surface area contributed by atoms with Gasteiger partial charge in [-0.2, -0.15) is 22.0 Å². The molecular formula is C19H18F5NO4. The molecule has 5 nitrogen and oxygen atoms in total. The average molecular weight is 419 g/mol. The van der Waals surface area contributed by atoms with Crippen LogP contribution < -0.4 is 4.74 Å². The van der Waals surface area contributed by atoms with E-state index in [9.17, 15) is 37.0 Å². The first-order chi connectivity index (χ1) is 13.5. The summed E-state index contributed by atoms with van der Waals surface area (Å²) in [6.07, 6.45) is -9.83. The number of alkyl halides is 4. The molecule has 0 radical (unpaired) electrons. The van der Waals surface area contributed by atoms with E-state index in [0.717, 1.165) is 24.4 Å². The number of rotatable bonds is 9. The summed E-state index contributed by atoms with van der Waals surface area (Å²) in [6.45, 7) is 1.49. The zero-order chi connectivity index (χ0) is 21.8. The number of aromatic nitrogens is 1. The Balaban J connectivity index is 2.38. The van der Waals surface area contributed by atoms with Crippen LogP contribution in [0.5, 0.6) is 5.75 Å². The Morgan fingerprint density at radius 1 is 1.24 bits per heavy atom. The van der Waals surface area contributed by atoms with E-state index in [-0.39, 0.29) is 24.0 Å². The van der Waals surface area contributed by atoms with Gasteiger partial charge in [0.05, 0.1) is 6.10 Å². The van der Waals surface area contributed by atoms with Gasteiger partial charge in [-0.25, -0.2) is 4.98 Å². The first-order valence-corrected chi connectivity index (χ1v) is 8.48. The summed E-state index contributed by atoms with van der Waals surface area (Å²) in [5, 5.41) is 20.5. The molecule has 2 atom stereocenters. The van der Waals surface area contributed by atoms with Crippen LogP contribution in [0.1, 0.15) is 30.6 Å². The van der Waals surface area contributed by atoms with Crippen LogP contribution in [0.2, 0.25) is 0 Å². The number of carbonyl (C=O) groups is 1. The second kappa shape index (κ2) is 8.73. The Bertz CT molecular complexity index is 864. The molecule has 0 aliphatic rings. The third kappa shape index (κ3) is 5.00. The molecule has 0 saturated heterocycles. The largest absolute Gasteiger partial charge is 0.481 e. The highest BCUT2D eigenvalue weighted by atomic mass is 19.3. The lowest BCUT2D eigenvalue weighted by Crippen LogP contribution is -2.39. The molecule has 0 aliphatic carbocycles. The van der Waals surface area contributed by atoms with E-state index in [1.54, 1.807) is 0 Å². The zero-order valence-electron chi connectivity index (χ0n) is 15.2. The summed E-state index contributed by atoms with van der Waals surface area (Å²) in [5.74, 6) is -2.91. The molecular weight excluding hydrogens is 401 g/mol. The highest BCUT2D eigenvalue weighted by Crippen LogP contribution is 2.41. The number of nitrogens with zero attached hydrogens (tertiary/aromatic N) is 1. The van der Waals surface area contributed by atoms with Gasteiger partial charge in [0.1, 0.15) is 11.2 Å². The molecule has 0 bridgehead atoms. The molecule has 1 heterocycles. The molecule has 0 amide bonds. The van der Waals surface area contributed by atoms with Crippen molar-refractivity contribution in [2.45, 2.75) is 38.4 Å². The third-order valence-corrected chi connectivity index (χ3v) is 4.57. The quantitative estimate of drug-likeness (QED) is 0.470. The van der Waals surface area contributed by atoms with Gasteiger partial charge in [-0.15, -0.1) is 0 Å². The van der Waals surface area contributed by atoms with Gasteiger partial charge in [0, 0.05) is 6.20 Å².